The summed E-state index contributed by atoms with van der Waals surface area (Å²) in [5.41, 5.74) is 0.0794. The number of aromatic nitrogens is 2. The first-order valence-electron chi connectivity index (χ1n) is 9.77. The van der Waals surface area contributed by atoms with Gasteiger partial charge in [0.1, 0.15) is 5.69 Å². The minimum atomic E-state index is -3.74. The quantitative estimate of drug-likeness (QED) is 0.518. The highest BCUT2D eigenvalue weighted by molar-refractivity contribution is 7.89. The van der Waals surface area contributed by atoms with Crippen molar-refractivity contribution in [3.8, 4) is 0 Å². The zero-order valence-electron chi connectivity index (χ0n) is 16.7. The fourth-order valence-electron chi connectivity index (χ4n) is 3.56. The lowest BCUT2D eigenvalue weighted by Crippen LogP contribution is -2.39. The first-order chi connectivity index (χ1) is 13.8. The fourth-order valence-corrected chi connectivity index (χ4v) is 5.18. The molecule has 10 heteroatoms. The van der Waals surface area contributed by atoms with Gasteiger partial charge in [-0.15, -0.1) is 0 Å². The van der Waals surface area contributed by atoms with E-state index in [0.717, 1.165) is 18.9 Å². The van der Waals surface area contributed by atoms with Crippen LogP contribution in [0.3, 0.4) is 0 Å². The topological polar surface area (TPSA) is 110 Å². The maximum atomic E-state index is 12.9. The van der Waals surface area contributed by atoms with Gasteiger partial charge in [0.05, 0.1) is 9.82 Å². The summed E-state index contributed by atoms with van der Waals surface area (Å²) in [4.78, 5) is 11.0. The van der Waals surface area contributed by atoms with Gasteiger partial charge in [-0.3, -0.25) is 14.8 Å². The Labute approximate surface area is 170 Å². The Morgan fingerprint density at radius 1 is 1.41 bits per heavy atom. The number of nitrogens with zero attached hydrogens (tertiary/aromatic N) is 4. The van der Waals surface area contributed by atoms with Gasteiger partial charge in [-0.25, -0.2) is 8.42 Å². The van der Waals surface area contributed by atoms with E-state index < -0.39 is 14.9 Å². The molecule has 158 valence electrons. The molecule has 1 N–H and O–H groups in total. The predicted octanol–water partition coefficient (Wildman–Crippen LogP) is 2.96. The Morgan fingerprint density at radius 2 is 2.21 bits per heavy atom. The maximum absolute atomic E-state index is 12.9. The standard InChI is InChI=1S/C19H27N5O4S/c1-15-5-3-10-23(14-15)29(27,28)17-6-7-18(19(11-17)24(25)26)20-12-16(2)13-22-9-4-8-21-22/h4,6-9,11,15-16,20H,3,5,10,12-14H2,1-2H3/t15-,16-/m0/s1. The number of sulfonamides is 1. The second-order valence-corrected chi connectivity index (χ2v) is 9.70. The molecule has 0 amide bonds. The van der Waals surface area contributed by atoms with Crippen LogP contribution < -0.4 is 5.32 Å². The Hall–Kier alpha value is -2.46. The molecule has 0 radical (unpaired) electrons. The number of hydrogen-bond donors (Lipinski definition) is 1. The molecule has 0 aliphatic carbocycles. The number of hydrogen-bond acceptors (Lipinski definition) is 6. The molecule has 2 heterocycles. The lowest BCUT2D eigenvalue weighted by Gasteiger charge is -2.30. The molecular weight excluding hydrogens is 394 g/mol. The second-order valence-electron chi connectivity index (χ2n) is 7.76. The number of nitrogens with one attached hydrogen (secondary N) is 1. The molecule has 0 spiro atoms. The van der Waals surface area contributed by atoms with Gasteiger partial charge < -0.3 is 5.32 Å². The summed E-state index contributed by atoms with van der Waals surface area (Å²) < 4.78 is 29.1. The summed E-state index contributed by atoms with van der Waals surface area (Å²) in [5.74, 6) is 0.457. The minimum Gasteiger partial charge on any atom is -0.379 e. The number of nitro benzene ring substituents is 1. The van der Waals surface area contributed by atoms with Crippen LogP contribution >= 0.6 is 0 Å². The molecule has 1 saturated heterocycles. The second kappa shape index (κ2) is 8.91. The molecule has 0 bridgehead atoms. The van der Waals surface area contributed by atoms with Crippen molar-refractivity contribution in [3.05, 3.63) is 46.8 Å². The van der Waals surface area contributed by atoms with Crippen LogP contribution in [0.5, 0.6) is 0 Å². The normalized spacial score (nSPS) is 19.0. The molecule has 1 aliphatic rings. The van der Waals surface area contributed by atoms with Gasteiger partial charge in [0.2, 0.25) is 10.0 Å². The zero-order valence-corrected chi connectivity index (χ0v) is 17.5. The van der Waals surface area contributed by atoms with E-state index in [1.807, 2.05) is 26.1 Å². The van der Waals surface area contributed by atoms with Gasteiger partial charge in [0.15, 0.2) is 0 Å². The molecule has 2 aromatic rings. The minimum absolute atomic E-state index is 0.0339. The number of piperidine rings is 1. The van der Waals surface area contributed by atoms with Crippen molar-refractivity contribution in [1.29, 1.82) is 0 Å². The Bertz CT molecular complexity index is 946. The third-order valence-corrected chi connectivity index (χ3v) is 6.98. The van der Waals surface area contributed by atoms with Crippen LogP contribution in [0.1, 0.15) is 26.7 Å². The van der Waals surface area contributed by atoms with E-state index >= 15 is 0 Å². The molecule has 1 fully saturated rings. The van der Waals surface area contributed by atoms with E-state index in [1.165, 1.54) is 16.4 Å². The summed E-state index contributed by atoms with van der Waals surface area (Å²) in [6.07, 6.45) is 5.36. The number of anilines is 1. The highest BCUT2D eigenvalue weighted by Gasteiger charge is 2.30. The van der Waals surface area contributed by atoms with Gasteiger partial charge >= 0.3 is 0 Å². The van der Waals surface area contributed by atoms with Crippen LogP contribution in [0.25, 0.3) is 0 Å². The first kappa shape index (κ1) is 21.3. The third-order valence-electron chi connectivity index (χ3n) is 5.12. The average Bonchev–Trinajstić information content (AvgIpc) is 3.19. The van der Waals surface area contributed by atoms with Crippen molar-refractivity contribution in [2.75, 3.05) is 25.0 Å². The van der Waals surface area contributed by atoms with E-state index in [4.69, 9.17) is 0 Å². The first-order valence-corrected chi connectivity index (χ1v) is 11.2. The Morgan fingerprint density at radius 3 is 2.86 bits per heavy atom. The molecule has 0 unspecified atom stereocenters. The lowest BCUT2D eigenvalue weighted by molar-refractivity contribution is -0.384. The van der Waals surface area contributed by atoms with Gasteiger partial charge in [-0.05, 0) is 42.9 Å². The maximum Gasteiger partial charge on any atom is 0.293 e. The van der Waals surface area contributed by atoms with E-state index in [-0.39, 0.29) is 22.4 Å². The van der Waals surface area contributed by atoms with Crippen molar-refractivity contribution in [2.24, 2.45) is 11.8 Å². The van der Waals surface area contributed by atoms with Gasteiger partial charge in [0.25, 0.3) is 5.69 Å². The molecule has 29 heavy (non-hydrogen) atoms. The predicted molar refractivity (Wildman–Crippen MR) is 110 cm³/mol. The van der Waals surface area contributed by atoms with Crippen molar-refractivity contribution >= 4 is 21.4 Å². The van der Waals surface area contributed by atoms with Gasteiger partial charge in [-0.2, -0.15) is 9.40 Å². The molecule has 2 atom stereocenters. The van der Waals surface area contributed by atoms with E-state index in [0.29, 0.717) is 31.9 Å². The van der Waals surface area contributed by atoms with E-state index in [9.17, 15) is 18.5 Å². The van der Waals surface area contributed by atoms with Crippen molar-refractivity contribution in [2.45, 2.75) is 38.1 Å². The third kappa shape index (κ3) is 5.13. The summed E-state index contributed by atoms with van der Waals surface area (Å²) in [6, 6.07) is 5.93. The monoisotopic (exact) mass is 421 g/mol. The highest BCUT2D eigenvalue weighted by Crippen LogP contribution is 2.30. The van der Waals surface area contributed by atoms with Crippen molar-refractivity contribution in [3.63, 3.8) is 0 Å². The van der Waals surface area contributed by atoms with Crippen LogP contribution in [0.15, 0.2) is 41.6 Å². The highest BCUT2D eigenvalue weighted by atomic mass is 32.2. The SMILES string of the molecule is C[C@H]1CCCN(S(=O)(=O)c2ccc(NC[C@H](C)Cn3cccn3)c([N+](=O)[O-])c2)C1. The molecule has 0 saturated carbocycles. The van der Waals surface area contributed by atoms with Crippen LogP contribution in [0.4, 0.5) is 11.4 Å². The largest absolute Gasteiger partial charge is 0.379 e. The Balaban J connectivity index is 1.75. The summed E-state index contributed by atoms with van der Waals surface area (Å²) in [5, 5.41) is 18.8. The number of benzene rings is 1. The molecule has 1 aliphatic heterocycles. The smallest absolute Gasteiger partial charge is 0.293 e. The van der Waals surface area contributed by atoms with Crippen molar-refractivity contribution < 1.29 is 13.3 Å². The van der Waals surface area contributed by atoms with Crippen LogP contribution in [-0.4, -0.2) is 47.1 Å². The van der Waals surface area contributed by atoms with Crippen LogP contribution in [0.2, 0.25) is 0 Å². The van der Waals surface area contributed by atoms with E-state index in [1.54, 1.807) is 10.9 Å². The Kier molecular flexibility index (Phi) is 6.53. The van der Waals surface area contributed by atoms with E-state index in [2.05, 4.69) is 10.4 Å². The molecule has 9 nitrogen and oxygen atoms in total. The van der Waals surface area contributed by atoms with Gasteiger partial charge in [-0.1, -0.05) is 13.8 Å². The van der Waals surface area contributed by atoms with Crippen molar-refractivity contribution in [1.82, 2.24) is 14.1 Å². The van der Waals surface area contributed by atoms with Crippen LogP contribution in [0, 0.1) is 22.0 Å². The zero-order chi connectivity index (χ0) is 21.0. The van der Waals surface area contributed by atoms with Gasteiger partial charge in [0, 0.05) is 44.6 Å². The average molecular weight is 422 g/mol. The lowest BCUT2D eigenvalue weighted by atomic mass is 10.0. The fraction of sp³-hybridized carbons (Fsp3) is 0.526. The molecular formula is C19H27N5O4S. The number of rotatable bonds is 8. The van der Waals surface area contributed by atoms with Crippen LogP contribution in [-0.2, 0) is 16.6 Å². The summed E-state index contributed by atoms with van der Waals surface area (Å²) in [6.45, 7) is 6.09. The molecule has 1 aromatic carbocycles. The summed E-state index contributed by atoms with van der Waals surface area (Å²) in [7, 11) is -3.74. The molecule has 1 aromatic heterocycles. The molecule has 3 rings (SSSR count). The number of nitro groups is 1. The summed E-state index contributed by atoms with van der Waals surface area (Å²) >= 11 is 0.